The van der Waals surface area contributed by atoms with Crippen molar-refractivity contribution in [2.45, 2.75) is 64.5 Å². The second kappa shape index (κ2) is 7.65. The first kappa shape index (κ1) is 15.3. The van der Waals surface area contributed by atoms with E-state index in [4.69, 9.17) is 10.6 Å². The first-order valence-corrected chi connectivity index (χ1v) is 7.91. The summed E-state index contributed by atoms with van der Waals surface area (Å²) in [4.78, 5) is 0. The van der Waals surface area contributed by atoms with Gasteiger partial charge in [-0.3, -0.25) is 11.3 Å². The van der Waals surface area contributed by atoms with Crippen LogP contribution in [0, 0.1) is 5.92 Å². The molecule has 1 saturated carbocycles. The summed E-state index contributed by atoms with van der Waals surface area (Å²) in [6, 6.07) is 8.55. The highest BCUT2D eigenvalue weighted by molar-refractivity contribution is 5.30. The van der Waals surface area contributed by atoms with Gasteiger partial charge in [-0.05, 0) is 43.9 Å². The van der Waals surface area contributed by atoms with Gasteiger partial charge in [0.15, 0.2) is 0 Å². The molecule has 0 aliphatic heterocycles. The third-order valence-corrected chi connectivity index (χ3v) is 4.13. The van der Waals surface area contributed by atoms with E-state index in [-0.39, 0.29) is 12.1 Å². The van der Waals surface area contributed by atoms with Crippen LogP contribution in [0.25, 0.3) is 0 Å². The van der Waals surface area contributed by atoms with Gasteiger partial charge in [-0.15, -0.1) is 0 Å². The molecule has 0 heterocycles. The molecule has 0 bridgehead atoms. The van der Waals surface area contributed by atoms with E-state index in [1.165, 1.54) is 37.7 Å². The largest absolute Gasteiger partial charge is 0.491 e. The summed E-state index contributed by atoms with van der Waals surface area (Å²) in [7, 11) is 0. The van der Waals surface area contributed by atoms with Gasteiger partial charge >= 0.3 is 0 Å². The molecule has 0 radical (unpaired) electrons. The Morgan fingerprint density at radius 3 is 2.65 bits per heavy atom. The molecule has 1 atom stereocenters. The monoisotopic (exact) mass is 276 g/mol. The number of hydrogen-bond donors (Lipinski definition) is 2. The topological polar surface area (TPSA) is 47.3 Å². The van der Waals surface area contributed by atoms with E-state index in [1.54, 1.807) is 0 Å². The molecule has 1 aliphatic rings. The van der Waals surface area contributed by atoms with Crippen molar-refractivity contribution in [3.05, 3.63) is 29.8 Å². The van der Waals surface area contributed by atoms with Crippen molar-refractivity contribution >= 4 is 0 Å². The third-order valence-electron chi connectivity index (χ3n) is 4.13. The normalized spacial score (nSPS) is 18.2. The van der Waals surface area contributed by atoms with Crippen LogP contribution in [0.5, 0.6) is 5.75 Å². The number of nitrogens with one attached hydrogen (secondary N) is 1. The standard InChI is InChI=1S/C17H28N2O/c1-13(2)20-16-10-6-9-15(12-16)17(19-18)11-14-7-4-3-5-8-14/h6,9-10,12-14,17,19H,3-5,7-8,11,18H2,1-2H3. The maximum absolute atomic E-state index is 5.78. The van der Waals surface area contributed by atoms with Crippen LogP contribution in [-0.2, 0) is 0 Å². The molecular formula is C17H28N2O. The molecular weight excluding hydrogens is 248 g/mol. The number of hydrazine groups is 1. The van der Waals surface area contributed by atoms with Crippen molar-refractivity contribution in [1.29, 1.82) is 0 Å². The van der Waals surface area contributed by atoms with Crippen molar-refractivity contribution in [1.82, 2.24) is 5.43 Å². The van der Waals surface area contributed by atoms with E-state index in [0.717, 1.165) is 18.1 Å². The predicted molar refractivity (Wildman–Crippen MR) is 83.5 cm³/mol. The first-order chi connectivity index (χ1) is 9.69. The summed E-state index contributed by atoms with van der Waals surface area (Å²) in [5.41, 5.74) is 4.22. The molecule has 1 unspecified atom stereocenters. The lowest BCUT2D eigenvalue weighted by atomic mass is 9.83. The molecule has 1 aliphatic carbocycles. The smallest absolute Gasteiger partial charge is 0.120 e. The van der Waals surface area contributed by atoms with E-state index in [1.807, 2.05) is 19.9 Å². The fourth-order valence-electron chi connectivity index (χ4n) is 3.13. The Kier molecular flexibility index (Phi) is 5.86. The fraction of sp³-hybridized carbons (Fsp3) is 0.647. The van der Waals surface area contributed by atoms with Crippen molar-refractivity contribution in [2.75, 3.05) is 0 Å². The van der Waals surface area contributed by atoms with Gasteiger partial charge in [0.2, 0.25) is 0 Å². The average molecular weight is 276 g/mol. The molecule has 3 nitrogen and oxygen atoms in total. The minimum absolute atomic E-state index is 0.202. The van der Waals surface area contributed by atoms with Crippen molar-refractivity contribution in [3.63, 3.8) is 0 Å². The highest BCUT2D eigenvalue weighted by atomic mass is 16.5. The number of benzene rings is 1. The zero-order valence-electron chi connectivity index (χ0n) is 12.8. The second-order valence-corrected chi connectivity index (χ2v) is 6.20. The average Bonchev–Trinajstić information content (AvgIpc) is 2.45. The predicted octanol–water partition coefficient (Wildman–Crippen LogP) is 3.95. The number of hydrogen-bond acceptors (Lipinski definition) is 3. The highest BCUT2D eigenvalue weighted by Crippen LogP contribution is 2.32. The Bertz CT molecular complexity index is 400. The summed E-state index contributed by atoms with van der Waals surface area (Å²) < 4.78 is 5.77. The molecule has 3 heteroatoms. The zero-order valence-corrected chi connectivity index (χ0v) is 12.8. The zero-order chi connectivity index (χ0) is 14.4. The van der Waals surface area contributed by atoms with Crippen molar-refractivity contribution in [2.24, 2.45) is 11.8 Å². The quantitative estimate of drug-likeness (QED) is 0.611. The van der Waals surface area contributed by atoms with E-state index in [9.17, 15) is 0 Å². The molecule has 20 heavy (non-hydrogen) atoms. The van der Waals surface area contributed by atoms with E-state index >= 15 is 0 Å². The van der Waals surface area contributed by atoms with Crippen LogP contribution in [0.2, 0.25) is 0 Å². The maximum Gasteiger partial charge on any atom is 0.120 e. The Balaban J connectivity index is 2.02. The Morgan fingerprint density at radius 2 is 2.00 bits per heavy atom. The molecule has 0 amide bonds. The SMILES string of the molecule is CC(C)Oc1cccc(C(CC2CCCCC2)NN)c1. The summed E-state index contributed by atoms with van der Waals surface area (Å²) in [5.74, 6) is 7.52. The van der Waals surface area contributed by atoms with Crippen LogP contribution >= 0.6 is 0 Å². The lowest BCUT2D eigenvalue weighted by Crippen LogP contribution is -2.30. The van der Waals surface area contributed by atoms with Crippen LogP contribution in [0.4, 0.5) is 0 Å². The van der Waals surface area contributed by atoms with Crippen LogP contribution in [0.15, 0.2) is 24.3 Å². The van der Waals surface area contributed by atoms with E-state index in [2.05, 4.69) is 23.6 Å². The summed E-state index contributed by atoms with van der Waals surface area (Å²) in [5, 5.41) is 0. The van der Waals surface area contributed by atoms with Gasteiger partial charge in [0.1, 0.15) is 5.75 Å². The molecule has 112 valence electrons. The molecule has 0 saturated heterocycles. The minimum atomic E-state index is 0.202. The van der Waals surface area contributed by atoms with E-state index in [0.29, 0.717) is 0 Å². The van der Waals surface area contributed by atoms with Crippen LogP contribution in [0.3, 0.4) is 0 Å². The first-order valence-electron chi connectivity index (χ1n) is 7.91. The van der Waals surface area contributed by atoms with Crippen molar-refractivity contribution < 1.29 is 4.74 Å². The van der Waals surface area contributed by atoms with Crippen LogP contribution in [0.1, 0.15) is 64.0 Å². The van der Waals surface area contributed by atoms with Gasteiger partial charge in [0, 0.05) is 6.04 Å². The van der Waals surface area contributed by atoms with Gasteiger partial charge in [0.05, 0.1) is 6.10 Å². The second-order valence-electron chi connectivity index (χ2n) is 6.20. The van der Waals surface area contributed by atoms with Crippen LogP contribution in [-0.4, -0.2) is 6.10 Å². The molecule has 2 rings (SSSR count). The summed E-state index contributed by atoms with van der Waals surface area (Å²) in [6.45, 7) is 4.10. The molecule has 0 aromatic heterocycles. The molecule has 0 spiro atoms. The van der Waals surface area contributed by atoms with Crippen LogP contribution < -0.4 is 16.0 Å². The Hall–Kier alpha value is -1.06. The molecule has 1 fully saturated rings. The summed E-state index contributed by atoms with van der Waals surface area (Å²) in [6.07, 6.45) is 8.17. The summed E-state index contributed by atoms with van der Waals surface area (Å²) >= 11 is 0. The Labute approximate surface area is 122 Å². The van der Waals surface area contributed by atoms with Gasteiger partial charge < -0.3 is 4.74 Å². The third kappa shape index (κ3) is 4.50. The Morgan fingerprint density at radius 1 is 1.25 bits per heavy atom. The highest BCUT2D eigenvalue weighted by Gasteiger charge is 2.19. The fourth-order valence-corrected chi connectivity index (χ4v) is 3.13. The van der Waals surface area contributed by atoms with Gasteiger partial charge in [-0.25, -0.2) is 0 Å². The van der Waals surface area contributed by atoms with Gasteiger partial charge in [-0.1, -0.05) is 44.2 Å². The van der Waals surface area contributed by atoms with E-state index < -0.39 is 0 Å². The number of rotatable bonds is 6. The number of nitrogens with two attached hydrogens (primary N) is 1. The lowest BCUT2D eigenvalue weighted by molar-refractivity contribution is 0.241. The maximum atomic E-state index is 5.78. The lowest BCUT2D eigenvalue weighted by Gasteiger charge is -2.26. The minimum Gasteiger partial charge on any atom is -0.491 e. The molecule has 3 N–H and O–H groups in total. The van der Waals surface area contributed by atoms with Crippen molar-refractivity contribution in [3.8, 4) is 5.75 Å². The van der Waals surface area contributed by atoms with Gasteiger partial charge in [0.25, 0.3) is 0 Å². The number of ether oxygens (including phenoxy) is 1. The molecule has 1 aromatic carbocycles. The van der Waals surface area contributed by atoms with Gasteiger partial charge in [-0.2, -0.15) is 0 Å². The molecule has 1 aromatic rings.